The molecule has 29 heavy (non-hydrogen) atoms. The molecular weight excluding hydrogens is 382 g/mol. The highest BCUT2D eigenvalue weighted by Crippen LogP contribution is 2.20. The van der Waals surface area contributed by atoms with Crippen LogP contribution in [-0.2, 0) is 22.6 Å². The number of carbonyl (C=O) groups is 2. The van der Waals surface area contributed by atoms with Crippen molar-refractivity contribution in [3.8, 4) is 0 Å². The van der Waals surface area contributed by atoms with E-state index in [2.05, 4.69) is 38.2 Å². The van der Waals surface area contributed by atoms with E-state index in [4.69, 9.17) is 4.74 Å². The van der Waals surface area contributed by atoms with Crippen molar-refractivity contribution in [2.45, 2.75) is 58.0 Å². The average Bonchev–Trinajstić information content (AvgIpc) is 2.75. The van der Waals surface area contributed by atoms with Gasteiger partial charge in [0.1, 0.15) is 12.6 Å². The summed E-state index contributed by atoms with van der Waals surface area (Å²) in [5.74, 6) is -1.08. The van der Waals surface area contributed by atoms with E-state index in [9.17, 15) is 14.7 Å². The van der Waals surface area contributed by atoms with Gasteiger partial charge >= 0.3 is 12.1 Å². The van der Waals surface area contributed by atoms with Gasteiger partial charge < -0.3 is 15.2 Å². The van der Waals surface area contributed by atoms with E-state index in [1.54, 1.807) is 0 Å². The molecule has 2 N–H and O–H groups in total. The molecule has 156 valence electrons. The SMILES string of the molecule is CC[Si](CC)(CC)c1ccc(C[C@H](NC(=O)OCc2ccccc2)C(=O)O)cc1. The summed E-state index contributed by atoms with van der Waals surface area (Å²) in [6, 6.07) is 20.1. The highest BCUT2D eigenvalue weighted by Gasteiger charge is 2.29. The fraction of sp³-hybridized carbons (Fsp3) is 0.391. The molecular formula is C23H31NO4Si. The second kappa shape index (κ2) is 10.8. The maximum Gasteiger partial charge on any atom is 0.408 e. The first-order chi connectivity index (χ1) is 13.9. The van der Waals surface area contributed by atoms with Gasteiger partial charge in [0.2, 0.25) is 0 Å². The molecule has 6 heteroatoms. The Morgan fingerprint density at radius 1 is 0.931 bits per heavy atom. The van der Waals surface area contributed by atoms with Gasteiger partial charge in [-0.25, -0.2) is 9.59 Å². The van der Waals surface area contributed by atoms with Crippen LogP contribution in [0.4, 0.5) is 4.79 Å². The Morgan fingerprint density at radius 2 is 1.52 bits per heavy atom. The number of aliphatic carboxylic acids is 1. The maximum absolute atomic E-state index is 12.0. The minimum atomic E-state index is -1.45. The fourth-order valence-electron chi connectivity index (χ4n) is 3.70. The van der Waals surface area contributed by atoms with Crippen molar-refractivity contribution >= 4 is 25.3 Å². The van der Waals surface area contributed by atoms with Crippen molar-refractivity contribution in [2.75, 3.05) is 0 Å². The van der Waals surface area contributed by atoms with Crippen molar-refractivity contribution in [3.05, 3.63) is 65.7 Å². The third-order valence-electron chi connectivity index (χ3n) is 5.84. The molecule has 0 fully saturated rings. The number of carboxylic acids is 1. The van der Waals surface area contributed by atoms with Crippen molar-refractivity contribution in [1.82, 2.24) is 5.32 Å². The van der Waals surface area contributed by atoms with Crippen molar-refractivity contribution in [1.29, 1.82) is 0 Å². The summed E-state index contributed by atoms with van der Waals surface area (Å²) in [5.41, 5.74) is 1.73. The van der Waals surface area contributed by atoms with Gasteiger partial charge in [0.15, 0.2) is 0 Å². The third kappa shape index (κ3) is 6.19. The molecule has 2 aromatic carbocycles. The summed E-state index contributed by atoms with van der Waals surface area (Å²) >= 11 is 0. The number of nitrogens with one attached hydrogen (secondary N) is 1. The van der Waals surface area contributed by atoms with Crippen LogP contribution in [0.5, 0.6) is 0 Å². The molecule has 2 aromatic rings. The second-order valence-electron chi connectivity index (χ2n) is 7.34. The monoisotopic (exact) mass is 413 g/mol. The Labute approximate surface area is 174 Å². The molecule has 1 amide bonds. The summed E-state index contributed by atoms with van der Waals surface area (Å²) in [7, 11) is -1.45. The standard InChI is InChI=1S/C23H31NO4Si/c1-4-29(5-2,6-3)20-14-12-18(13-15-20)16-21(22(25)26)24-23(27)28-17-19-10-8-7-9-11-19/h7-15,21H,4-6,16-17H2,1-3H3,(H,24,27)(H,25,26)/t21-/m0/s1. The predicted octanol–water partition coefficient (Wildman–Crippen LogP) is 4.32. The molecule has 0 heterocycles. The van der Waals surface area contributed by atoms with Gasteiger partial charge in [0.25, 0.3) is 0 Å². The molecule has 0 spiro atoms. The molecule has 0 saturated heterocycles. The summed E-state index contributed by atoms with van der Waals surface area (Å²) in [6.45, 7) is 6.89. The number of hydrogen-bond donors (Lipinski definition) is 2. The smallest absolute Gasteiger partial charge is 0.408 e. The number of rotatable bonds is 10. The van der Waals surface area contributed by atoms with E-state index >= 15 is 0 Å². The Kier molecular flexibility index (Phi) is 8.45. The van der Waals surface area contributed by atoms with E-state index in [0.717, 1.165) is 11.1 Å². The molecule has 0 aliphatic heterocycles. The van der Waals surface area contributed by atoms with Crippen molar-refractivity contribution < 1.29 is 19.4 Å². The van der Waals surface area contributed by atoms with Crippen molar-refractivity contribution in [3.63, 3.8) is 0 Å². The second-order valence-corrected chi connectivity index (χ2v) is 12.6. The lowest BCUT2D eigenvalue weighted by Gasteiger charge is -2.28. The van der Waals surface area contributed by atoms with Gasteiger partial charge in [-0.05, 0) is 11.1 Å². The van der Waals surface area contributed by atoms with Crippen LogP contribution < -0.4 is 10.5 Å². The summed E-state index contributed by atoms with van der Waals surface area (Å²) < 4.78 is 5.15. The number of amides is 1. The van der Waals surface area contributed by atoms with Crippen LogP contribution in [0, 0.1) is 0 Å². The highest BCUT2D eigenvalue weighted by atomic mass is 28.3. The van der Waals surface area contributed by atoms with Crippen LogP contribution >= 0.6 is 0 Å². The first-order valence-electron chi connectivity index (χ1n) is 10.2. The summed E-state index contributed by atoms with van der Waals surface area (Å²) in [6.07, 6.45) is -0.512. The topological polar surface area (TPSA) is 75.6 Å². The molecule has 0 unspecified atom stereocenters. The van der Waals surface area contributed by atoms with E-state index in [1.165, 1.54) is 23.3 Å². The lowest BCUT2D eigenvalue weighted by molar-refractivity contribution is -0.139. The number of carboxylic acid groups (broad SMARTS) is 1. The lowest BCUT2D eigenvalue weighted by atomic mass is 10.1. The molecule has 0 bridgehead atoms. The summed E-state index contributed by atoms with van der Waals surface area (Å²) in [5, 5.41) is 13.4. The Morgan fingerprint density at radius 3 is 2.03 bits per heavy atom. The molecule has 0 aliphatic carbocycles. The molecule has 0 aromatic heterocycles. The van der Waals surface area contributed by atoms with E-state index in [0.29, 0.717) is 0 Å². The molecule has 2 rings (SSSR count). The largest absolute Gasteiger partial charge is 0.480 e. The molecule has 1 atom stereocenters. The van der Waals surface area contributed by atoms with Crippen LogP contribution in [0.15, 0.2) is 54.6 Å². The molecule has 0 aliphatic rings. The Bertz CT molecular complexity index is 780. The quantitative estimate of drug-likeness (QED) is 0.569. The number of ether oxygens (including phenoxy) is 1. The molecule has 0 saturated carbocycles. The third-order valence-corrected chi connectivity index (χ3v) is 11.5. The van der Waals surface area contributed by atoms with E-state index < -0.39 is 26.2 Å². The lowest BCUT2D eigenvalue weighted by Crippen LogP contribution is -2.45. The van der Waals surface area contributed by atoms with Gasteiger partial charge in [-0.15, -0.1) is 0 Å². The highest BCUT2D eigenvalue weighted by molar-refractivity contribution is 6.91. The normalized spacial score (nSPS) is 12.2. The van der Waals surface area contributed by atoms with E-state index in [-0.39, 0.29) is 13.0 Å². The fourth-order valence-corrected chi connectivity index (χ4v) is 7.30. The Hall–Kier alpha value is -2.60. The van der Waals surface area contributed by atoms with Crippen LogP contribution in [0.25, 0.3) is 0 Å². The van der Waals surface area contributed by atoms with Gasteiger partial charge in [0, 0.05) is 6.42 Å². The number of benzene rings is 2. The van der Waals surface area contributed by atoms with Crippen molar-refractivity contribution in [2.24, 2.45) is 0 Å². The maximum atomic E-state index is 12.0. The van der Waals surface area contributed by atoms with Gasteiger partial charge in [-0.2, -0.15) is 0 Å². The zero-order valence-corrected chi connectivity index (χ0v) is 18.5. The van der Waals surface area contributed by atoms with Crippen LogP contribution in [0.2, 0.25) is 18.1 Å². The number of carbonyl (C=O) groups excluding carboxylic acids is 1. The van der Waals surface area contributed by atoms with Gasteiger partial charge in [0.05, 0.1) is 8.07 Å². The predicted molar refractivity (Wildman–Crippen MR) is 118 cm³/mol. The number of alkyl carbamates (subject to hydrolysis) is 1. The number of hydrogen-bond acceptors (Lipinski definition) is 3. The molecule has 0 radical (unpaired) electrons. The van der Waals surface area contributed by atoms with Crippen LogP contribution in [-0.4, -0.2) is 31.3 Å². The molecule has 5 nitrogen and oxygen atoms in total. The van der Waals surface area contributed by atoms with Gasteiger partial charge in [-0.3, -0.25) is 0 Å². The van der Waals surface area contributed by atoms with E-state index in [1.807, 2.05) is 42.5 Å². The first kappa shape index (κ1) is 22.7. The zero-order valence-electron chi connectivity index (χ0n) is 17.5. The Balaban J connectivity index is 1.99. The minimum Gasteiger partial charge on any atom is -0.480 e. The average molecular weight is 414 g/mol. The first-order valence-corrected chi connectivity index (χ1v) is 12.9. The zero-order chi connectivity index (χ0) is 21.3. The minimum absolute atomic E-state index is 0.103. The van der Waals surface area contributed by atoms with Crippen LogP contribution in [0.3, 0.4) is 0 Å². The van der Waals surface area contributed by atoms with Crippen LogP contribution in [0.1, 0.15) is 31.9 Å². The van der Waals surface area contributed by atoms with Gasteiger partial charge in [-0.1, -0.05) is 98.7 Å². The summed E-state index contributed by atoms with van der Waals surface area (Å²) in [4.78, 5) is 23.6.